The molecule has 5 unspecified atom stereocenters. The number of primary amides is 1. The molecule has 5 atom stereocenters. The molecule has 10 N–H and O–H groups in total. The molecule has 13 heteroatoms. The molecule has 182 valence electrons. The molecule has 0 saturated carbocycles. The molecule has 0 fully saturated rings. The van der Waals surface area contributed by atoms with Crippen molar-refractivity contribution in [1.29, 1.82) is 0 Å². The lowest BCUT2D eigenvalue weighted by Gasteiger charge is -2.25. The van der Waals surface area contributed by atoms with Crippen molar-refractivity contribution in [3.8, 4) is 0 Å². The molecule has 1 rings (SSSR count). The Morgan fingerprint density at radius 2 is 1.48 bits per heavy atom. The summed E-state index contributed by atoms with van der Waals surface area (Å²) in [5, 5.41) is 34.4. The molecule has 0 aliphatic rings. The van der Waals surface area contributed by atoms with E-state index in [1.54, 1.807) is 30.3 Å². The first kappa shape index (κ1) is 27.5. The molecule has 0 aliphatic carbocycles. The Balaban J connectivity index is 3.09. The minimum atomic E-state index is -1.70. The highest BCUT2D eigenvalue weighted by molar-refractivity contribution is 5.96. The van der Waals surface area contributed by atoms with Crippen LogP contribution < -0.4 is 27.4 Å². The van der Waals surface area contributed by atoms with E-state index in [1.807, 2.05) is 5.32 Å². The van der Waals surface area contributed by atoms with E-state index >= 15 is 0 Å². The summed E-state index contributed by atoms with van der Waals surface area (Å²) in [4.78, 5) is 60.3. The fourth-order valence-corrected chi connectivity index (χ4v) is 2.75. The fraction of sp³-hybridized carbons (Fsp3) is 0.450. The van der Waals surface area contributed by atoms with Crippen molar-refractivity contribution in [2.24, 2.45) is 11.5 Å². The molecule has 33 heavy (non-hydrogen) atoms. The second-order valence-corrected chi connectivity index (χ2v) is 7.34. The van der Waals surface area contributed by atoms with Gasteiger partial charge < -0.3 is 42.7 Å². The van der Waals surface area contributed by atoms with E-state index < -0.39 is 72.9 Å². The Labute approximate surface area is 189 Å². The number of carboxylic acids is 1. The van der Waals surface area contributed by atoms with Crippen LogP contribution in [-0.4, -0.2) is 81.8 Å². The first-order chi connectivity index (χ1) is 15.5. The molecule has 0 saturated heterocycles. The van der Waals surface area contributed by atoms with Gasteiger partial charge in [0.1, 0.15) is 18.1 Å². The molecule has 4 amide bonds. The van der Waals surface area contributed by atoms with Gasteiger partial charge in [-0.25, -0.2) is 4.79 Å². The molecular weight excluding hydrogens is 438 g/mol. The van der Waals surface area contributed by atoms with Crippen molar-refractivity contribution in [2.75, 3.05) is 6.61 Å². The summed E-state index contributed by atoms with van der Waals surface area (Å²) in [6.45, 7) is 0.463. The van der Waals surface area contributed by atoms with Gasteiger partial charge in [0.15, 0.2) is 6.04 Å². The Morgan fingerprint density at radius 3 is 1.97 bits per heavy atom. The van der Waals surface area contributed by atoms with Gasteiger partial charge in [-0.1, -0.05) is 30.3 Å². The smallest absolute Gasteiger partial charge is 0.328 e. The average molecular weight is 467 g/mol. The number of aliphatic carboxylic acids is 1. The maximum absolute atomic E-state index is 12.9. The number of carboxylic acid groups (broad SMARTS) is 1. The first-order valence-electron chi connectivity index (χ1n) is 9.96. The van der Waals surface area contributed by atoms with Crippen LogP contribution in [0.5, 0.6) is 0 Å². The van der Waals surface area contributed by atoms with Crippen molar-refractivity contribution in [3.05, 3.63) is 35.9 Å². The maximum Gasteiger partial charge on any atom is 0.328 e. The fourth-order valence-electron chi connectivity index (χ4n) is 2.75. The molecule has 13 nitrogen and oxygen atoms in total. The maximum atomic E-state index is 12.9. The van der Waals surface area contributed by atoms with E-state index in [0.29, 0.717) is 5.56 Å². The molecule has 0 radical (unpaired) electrons. The van der Waals surface area contributed by atoms with E-state index in [4.69, 9.17) is 21.7 Å². The summed E-state index contributed by atoms with van der Waals surface area (Å²) >= 11 is 0. The summed E-state index contributed by atoms with van der Waals surface area (Å²) < 4.78 is 0. The number of aliphatic hydroxyl groups excluding tert-OH is 2. The molecule has 0 bridgehead atoms. The zero-order valence-electron chi connectivity index (χ0n) is 17.9. The summed E-state index contributed by atoms with van der Waals surface area (Å²) in [7, 11) is 0. The van der Waals surface area contributed by atoms with Gasteiger partial charge in [-0.15, -0.1) is 0 Å². The van der Waals surface area contributed by atoms with Crippen LogP contribution in [0.1, 0.15) is 18.9 Å². The number of carbonyl (C=O) groups is 5. The van der Waals surface area contributed by atoms with Crippen LogP contribution in [0.25, 0.3) is 0 Å². The van der Waals surface area contributed by atoms with E-state index in [2.05, 4.69) is 10.6 Å². The molecule has 0 aliphatic heterocycles. The third-order valence-electron chi connectivity index (χ3n) is 4.53. The normalized spacial score (nSPS) is 15.3. The Bertz CT molecular complexity index is 848. The number of nitrogens with one attached hydrogen (secondary N) is 3. The number of amides is 4. The minimum Gasteiger partial charge on any atom is -0.480 e. The lowest BCUT2D eigenvalue weighted by atomic mass is 10.0. The van der Waals surface area contributed by atoms with Crippen LogP contribution in [0.3, 0.4) is 0 Å². The average Bonchev–Trinajstić information content (AvgIpc) is 2.75. The highest BCUT2D eigenvalue weighted by Crippen LogP contribution is 2.06. The van der Waals surface area contributed by atoms with E-state index in [9.17, 15) is 29.1 Å². The van der Waals surface area contributed by atoms with E-state index in [1.165, 1.54) is 0 Å². The molecule has 1 aromatic carbocycles. The lowest BCUT2D eigenvalue weighted by molar-refractivity contribution is -0.145. The van der Waals surface area contributed by atoms with Crippen LogP contribution in [0.15, 0.2) is 30.3 Å². The Kier molecular flexibility index (Phi) is 10.9. The van der Waals surface area contributed by atoms with Crippen LogP contribution in [0, 0.1) is 0 Å². The minimum absolute atomic E-state index is 0.0209. The van der Waals surface area contributed by atoms with Gasteiger partial charge >= 0.3 is 5.97 Å². The van der Waals surface area contributed by atoms with Gasteiger partial charge in [0.05, 0.1) is 19.1 Å². The summed E-state index contributed by atoms with van der Waals surface area (Å²) in [6.07, 6.45) is -2.17. The number of aliphatic hydroxyl groups is 2. The SMILES string of the molecule is CC(O)C(NC(=O)C(CC(N)=O)NC(=O)C(Cc1ccccc1)NC(=O)C(N)CO)C(=O)O. The van der Waals surface area contributed by atoms with Crippen LogP contribution in [0.4, 0.5) is 0 Å². The van der Waals surface area contributed by atoms with Gasteiger partial charge in [-0.3, -0.25) is 19.2 Å². The van der Waals surface area contributed by atoms with Crippen LogP contribution in [0.2, 0.25) is 0 Å². The van der Waals surface area contributed by atoms with Gasteiger partial charge in [-0.05, 0) is 12.5 Å². The zero-order valence-corrected chi connectivity index (χ0v) is 17.9. The molecule has 1 aromatic rings. The van der Waals surface area contributed by atoms with Crippen molar-refractivity contribution in [3.63, 3.8) is 0 Å². The van der Waals surface area contributed by atoms with Crippen molar-refractivity contribution < 1.29 is 39.3 Å². The van der Waals surface area contributed by atoms with E-state index in [-0.39, 0.29) is 6.42 Å². The van der Waals surface area contributed by atoms with E-state index in [0.717, 1.165) is 6.92 Å². The predicted molar refractivity (Wildman–Crippen MR) is 114 cm³/mol. The second kappa shape index (κ2) is 13.1. The summed E-state index contributed by atoms with van der Waals surface area (Å²) in [6, 6.07) is 2.68. The number of carbonyl (C=O) groups excluding carboxylic acids is 4. The zero-order chi connectivity index (χ0) is 25.1. The summed E-state index contributed by atoms with van der Waals surface area (Å²) in [5.74, 6) is -5.29. The largest absolute Gasteiger partial charge is 0.480 e. The Morgan fingerprint density at radius 1 is 0.939 bits per heavy atom. The Hall–Kier alpha value is -3.55. The number of hydrogen-bond acceptors (Lipinski definition) is 8. The topological polar surface area (TPSA) is 234 Å². The highest BCUT2D eigenvalue weighted by atomic mass is 16.4. The third-order valence-corrected chi connectivity index (χ3v) is 4.53. The quantitative estimate of drug-likeness (QED) is 0.142. The molecule has 0 aromatic heterocycles. The van der Waals surface area contributed by atoms with Crippen LogP contribution >= 0.6 is 0 Å². The molecule has 0 spiro atoms. The number of hydrogen-bond donors (Lipinski definition) is 8. The van der Waals surface area contributed by atoms with Gasteiger partial charge in [0.2, 0.25) is 23.6 Å². The predicted octanol–water partition coefficient (Wildman–Crippen LogP) is -3.66. The van der Waals surface area contributed by atoms with Crippen LogP contribution in [-0.2, 0) is 30.4 Å². The number of rotatable bonds is 13. The molecular formula is C20H29N5O8. The number of benzene rings is 1. The standard InChI is InChI=1S/C20H29N5O8/c1-10(27)16(20(32)33)25-19(31)14(8-15(22)28)24-18(30)13(23-17(29)12(21)9-26)7-11-5-3-2-4-6-11/h2-6,10,12-14,16,26-27H,7-9,21H2,1H3,(H2,22,28)(H,23,29)(H,24,30)(H,25,31)(H,32,33). The second-order valence-electron chi connectivity index (χ2n) is 7.34. The highest BCUT2D eigenvalue weighted by Gasteiger charge is 2.32. The van der Waals surface area contributed by atoms with Gasteiger partial charge in [0, 0.05) is 6.42 Å². The van der Waals surface area contributed by atoms with Gasteiger partial charge in [0.25, 0.3) is 0 Å². The number of nitrogens with two attached hydrogens (primary N) is 2. The lowest BCUT2D eigenvalue weighted by Crippen LogP contribution is -2.59. The summed E-state index contributed by atoms with van der Waals surface area (Å²) in [5.41, 5.74) is 11.3. The third kappa shape index (κ3) is 9.22. The monoisotopic (exact) mass is 467 g/mol. The van der Waals surface area contributed by atoms with Crippen molar-refractivity contribution in [1.82, 2.24) is 16.0 Å². The first-order valence-corrected chi connectivity index (χ1v) is 9.96. The molecule has 0 heterocycles. The van der Waals surface area contributed by atoms with Gasteiger partial charge in [-0.2, -0.15) is 0 Å². The van der Waals surface area contributed by atoms with Crippen molar-refractivity contribution in [2.45, 2.75) is 50.0 Å². The van der Waals surface area contributed by atoms with Crippen molar-refractivity contribution >= 4 is 29.6 Å².